The van der Waals surface area contributed by atoms with E-state index in [4.69, 9.17) is 14.2 Å². The summed E-state index contributed by atoms with van der Waals surface area (Å²) >= 11 is 0. The number of ether oxygens (including phenoxy) is 3. The Hall–Kier alpha value is -3.72. The number of hydrogen-bond acceptors (Lipinski definition) is 6. The third-order valence-corrected chi connectivity index (χ3v) is 7.33. The van der Waals surface area contributed by atoms with E-state index in [1.54, 1.807) is 60.4 Å². The molecule has 1 heterocycles. The van der Waals surface area contributed by atoms with Gasteiger partial charge in [-0.1, -0.05) is 24.3 Å². The summed E-state index contributed by atoms with van der Waals surface area (Å²) in [6, 6.07) is 18.7. The third kappa shape index (κ3) is 4.51. The molecule has 34 heavy (non-hydrogen) atoms. The van der Waals surface area contributed by atoms with Crippen molar-refractivity contribution in [2.24, 2.45) is 0 Å². The van der Waals surface area contributed by atoms with Crippen molar-refractivity contribution in [1.82, 2.24) is 0 Å². The molecule has 1 amide bonds. The lowest BCUT2D eigenvalue weighted by atomic mass is 10.2. The van der Waals surface area contributed by atoms with Crippen LogP contribution in [0.15, 0.2) is 71.6 Å². The van der Waals surface area contributed by atoms with Gasteiger partial charge in [0, 0.05) is 6.07 Å². The highest BCUT2D eigenvalue weighted by molar-refractivity contribution is 7.93. The first-order chi connectivity index (χ1) is 16.3. The molecule has 0 N–H and O–H groups in total. The Morgan fingerprint density at radius 2 is 1.82 bits per heavy atom. The Morgan fingerprint density at radius 1 is 1.03 bits per heavy atom. The van der Waals surface area contributed by atoms with Gasteiger partial charge in [0.1, 0.15) is 35.3 Å². The molecule has 8 nitrogen and oxygen atoms in total. The van der Waals surface area contributed by atoms with E-state index in [2.05, 4.69) is 0 Å². The van der Waals surface area contributed by atoms with E-state index in [-0.39, 0.29) is 16.6 Å². The van der Waals surface area contributed by atoms with Crippen LogP contribution in [0.5, 0.6) is 17.2 Å². The number of carbonyl (C=O) groups excluding carboxylic acids is 1. The minimum absolute atomic E-state index is 0.0204. The lowest BCUT2D eigenvalue weighted by Crippen LogP contribution is -2.46. The van der Waals surface area contributed by atoms with E-state index in [1.165, 1.54) is 20.3 Å². The zero-order valence-electron chi connectivity index (χ0n) is 19.2. The predicted molar refractivity (Wildman–Crippen MR) is 130 cm³/mol. The second-order valence-corrected chi connectivity index (χ2v) is 9.56. The molecule has 0 saturated heterocycles. The zero-order chi connectivity index (χ0) is 24.3. The molecule has 0 aliphatic carbocycles. The predicted octanol–water partition coefficient (Wildman–Crippen LogP) is 3.63. The fraction of sp³-hybridized carbons (Fsp3) is 0.240. The zero-order valence-corrected chi connectivity index (χ0v) is 20.0. The van der Waals surface area contributed by atoms with Crippen LogP contribution in [0.2, 0.25) is 0 Å². The second kappa shape index (κ2) is 9.64. The number of fused-ring (bicyclic) bond motifs is 1. The quantitative estimate of drug-likeness (QED) is 0.511. The molecule has 1 aliphatic heterocycles. The molecule has 0 unspecified atom stereocenters. The van der Waals surface area contributed by atoms with E-state index in [0.29, 0.717) is 36.0 Å². The minimum Gasteiger partial charge on any atom is -0.497 e. The van der Waals surface area contributed by atoms with Crippen molar-refractivity contribution in [3.8, 4) is 17.2 Å². The maximum absolute atomic E-state index is 13.9. The molecule has 0 aromatic heterocycles. The highest BCUT2D eigenvalue weighted by atomic mass is 32.2. The minimum atomic E-state index is -4.18. The van der Waals surface area contributed by atoms with Crippen molar-refractivity contribution in [3.63, 3.8) is 0 Å². The number of methoxy groups -OCH3 is 2. The van der Waals surface area contributed by atoms with E-state index in [1.807, 2.05) is 12.1 Å². The number of amides is 1. The van der Waals surface area contributed by atoms with Gasteiger partial charge in [-0.15, -0.1) is 0 Å². The first-order valence-corrected chi connectivity index (χ1v) is 12.1. The number of hydrogen-bond donors (Lipinski definition) is 0. The molecule has 0 bridgehead atoms. The summed E-state index contributed by atoms with van der Waals surface area (Å²) in [6.45, 7) is 2.01. The fourth-order valence-corrected chi connectivity index (χ4v) is 5.47. The Kier molecular flexibility index (Phi) is 6.65. The Balaban J connectivity index is 1.79. The number of nitrogens with zero attached hydrogens (tertiary/aromatic N) is 2. The van der Waals surface area contributed by atoms with Gasteiger partial charge in [0.25, 0.3) is 10.0 Å². The molecular weight excluding hydrogens is 456 g/mol. The Bertz CT molecular complexity index is 1310. The Morgan fingerprint density at radius 3 is 2.59 bits per heavy atom. The number of para-hydroxylation sites is 2. The van der Waals surface area contributed by atoms with Crippen LogP contribution in [-0.2, 0) is 14.8 Å². The summed E-state index contributed by atoms with van der Waals surface area (Å²) < 4.78 is 45.3. The number of sulfonamides is 1. The highest BCUT2D eigenvalue weighted by Gasteiger charge is 2.33. The largest absolute Gasteiger partial charge is 0.497 e. The van der Waals surface area contributed by atoms with Gasteiger partial charge in [-0.2, -0.15) is 0 Å². The van der Waals surface area contributed by atoms with E-state index in [9.17, 15) is 13.2 Å². The van der Waals surface area contributed by atoms with Gasteiger partial charge in [-0.05, 0) is 48.9 Å². The summed E-state index contributed by atoms with van der Waals surface area (Å²) in [5.74, 6) is 0.868. The van der Waals surface area contributed by atoms with Gasteiger partial charge in [0.05, 0.1) is 32.1 Å². The number of aryl methyl sites for hydroxylation is 1. The summed E-state index contributed by atoms with van der Waals surface area (Å²) in [5.41, 5.74) is 1.66. The van der Waals surface area contributed by atoms with Crippen LogP contribution in [0.1, 0.15) is 5.56 Å². The van der Waals surface area contributed by atoms with E-state index < -0.39 is 16.6 Å². The van der Waals surface area contributed by atoms with Crippen LogP contribution in [0.25, 0.3) is 0 Å². The summed E-state index contributed by atoms with van der Waals surface area (Å²) in [7, 11) is -1.27. The van der Waals surface area contributed by atoms with Crippen molar-refractivity contribution < 1.29 is 27.4 Å². The first-order valence-electron chi connectivity index (χ1n) is 10.7. The van der Waals surface area contributed by atoms with Crippen LogP contribution in [0.3, 0.4) is 0 Å². The van der Waals surface area contributed by atoms with Crippen LogP contribution in [0, 0.1) is 6.92 Å². The van der Waals surface area contributed by atoms with Crippen molar-refractivity contribution in [2.45, 2.75) is 11.8 Å². The molecule has 0 radical (unpaired) electrons. The number of anilines is 2. The topological polar surface area (TPSA) is 85.4 Å². The van der Waals surface area contributed by atoms with E-state index in [0.717, 1.165) is 9.87 Å². The van der Waals surface area contributed by atoms with Crippen LogP contribution >= 0.6 is 0 Å². The molecule has 0 atom stereocenters. The standard InChI is InChI=1S/C25H26N2O6S/c1-18-11-12-23(32-3)24(15-18)34(29,30)27(19-7-6-8-20(16-19)31-2)17-25(28)26-13-14-33-22-10-5-4-9-21(22)26/h4-12,15-16H,13-14,17H2,1-3H3. The maximum Gasteiger partial charge on any atom is 0.268 e. The van der Waals surface area contributed by atoms with Crippen molar-refractivity contribution in [3.05, 3.63) is 72.3 Å². The molecule has 3 aromatic carbocycles. The molecule has 3 aromatic rings. The maximum atomic E-state index is 13.9. The second-order valence-electron chi connectivity index (χ2n) is 7.73. The summed E-state index contributed by atoms with van der Waals surface area (Å²) in [6.07, 6.45) is 0. The van der Waals surface area contributed by atoms with Crippen molar-refractivity contribution >= 4 is 27.3 Å². The molecule has 178 valence electrons. The van der Waals surface area contributed by atoms with Crippen LogP contribution < -0.4 is 23.4 Å². The SMILES string of the molecule is COc1cccc(N(CC(=O)N2CCOc3ccccc32)S(=O)(=O)c2cc(C)ccc2OC)c1. The molecule has 0 spiro atoms. The van der Waals surface area contributed by atoms with Gasteiger partial charge in [0.2, 0.25) is 5.91 Å². The summed E-state index contributed by atoms with van der Waals surface area (Å²) in [4.78, 5) is 15.0. The number of rotatable bonds is 7. The molecule has 0 fully saturated rings. The van der Waals surface area contributed by atoms with Gasteiger partial charge < -0.3 is 19.1 Å². The fourth-order valence-electron chi connectivity index (χ4n) is 3.82. The van der Waals surface area contributed by atoms with Crippen molar-refractivity contribution in [2.75, 3.05) is 43.1 Å². The summed E-state index contributed by atoms with van der Waals surface area (Å²) in [5, 5.41) is 0. The Labute approximate surface area is 199 Å². The molecule has 9 heteroatoms. The monoisotopic (exact) mass is 482 g/mol. The van der Waals surface area contributed by atoms with Gasteiger partial charge in [0.15, 0.2) is 0 Å². The average molecular weight is 483 g/mol. The third-order valence-electron chi connectivity index (χ3n) is 5.54. The molecule has 4 rings (SSSR count). The highest BCUT2D eigenvalue weighted by Crippen LogP contribution is 2.34. The number of benzene rings is 3. The smallest absolute Gasteiger partial charge is 0.268 e. The normalized spacial score (nSPS) is 13.0. The molecule has 1 aliphatic rings. The van der Waals surface area contributed by atoms with Gasteiger partial charge in [-0.3, -0.25) is 9.10 Å². The van der Waals surface area contributed by atoms with Crippen molar-refractivity contribution in [1.29, 1.82) is 0 Å². The van der Waals surface area contributed by atoms with Crippen LogP contribution in [0.4, 0.5) is 11.4 Å². The lowest BCUT2D eigenvalue weighted by molar-refractivity contribution is -0.117. The van der Waals surface area contributed by atoms with Gasteiger partial charge >= 0.3 is 0 Å². The molecular formula is C25H26N2O6S. The average Bonchev–Trinajstić information content (AvgIpc) is 2.86. The van der Waals surface area contributed by atoms with Gasteiger partial charge in [-0.25, -0.2) is 8.42 Å². The lowest BCUT2D eigenvalue weighted by Gasteiger charge is -2.32. The first kappa shape index (κ1) is 23.4. The van der Waals surface area contributed by atoms with Crippen LogP contribution in [-0.4, -0.2) is 48.2 Å². The number of carbonyl (C=O) groups is 1. The van der Waals surface area contributed by atoms with E-state index >= 15 is 0 Å². The molecule has 0 saturated carbocycles.